The van der Waals surface area contributed by atoms with Gasteiger partial charge in [-0.3, -0.25) is 32.5 Å². The molecule has 0 saturated carbocycles. The number of esters is 3. The number of carbonyl (C=O) groups excluding carboxylic acids is 3. The average molecular weight is 1340 g/mol. The Labute approximate surface area is 562 Å². The zero-order valence-corrected chi connectivity index (χ0v) is 59.2. The lowest BCUT2D eigenvalue weighted by Gasteiger charge is -2.21. The fraction of sp³-hybridized carbons (Fsp3) is 0.640. The van der Waals surface area contributed by atoms with Crippen molar-refractivity contribution in [1.29, 1.82) is 0 Å². The van der Waals surface area contributed by atoms with Gasteiger partial charge in [0.25, 0.3) is 0 Å². The van der Waals surface area contributed by atoms with E-state index in [4.69, 9.17) is 32.3 Å². The van der Waals surface area contributed by atoms with Crippen LogP contribution in [0, 0.1) is 0 Å². The van der Waals surface area contributed by atoms with Crippen LogP contribution >= 0.6 is 15.6 Å². The van der Waals surface area contributed by atoms with Crippen molar-refractivity contribution < 1.29 is 75.8 Å². The number of ether oxygens (including phenoxy) is 3. The molecule has 0 aromatic carbocycles. The zero-order chi connectivity index (χ0) is 68.1. The van der Waals surface area contributed by atoms with Gasteiger partial charge in [0.05, 0.1) is 26.4 Å². The maximum absolute atomic E-state index is 12.9. The molecule has 0 amide bonds. The summed E-state index contributed by atoms with van der Waals surface area (Å²) < 4.78 is 60.8. The minimum absolute atomic E-state index is 0.0395. The van der Waals surface area contributed by atoms with Crippen molar-refractivity contribution in [3.05, 3.63) is 146 Å². The first-order valence-electron chi connectivity index (χ1n) is 35.1. The molecule has 0 bridgehead atoms. The number of aliphatic hydroxyl groups is 2. The summed E-state index contributed by atoms with van der Waals surface area (Å²) >= 11 is 0. The van der Waals surface area contributed by atoms with Gasteiger partial charge in [-0.25, -0.2) is 9.13 Å². The van der Waals surface area contributed by atoms with Gasteiger partial charge in [0.1, 0.15) is 25.4 Å². The summed E-state index contributed by atoms with van der Waals surface area (Å²) in [5.74, 6) is -1.70. The molecule has 0 rings (SSSR count). The molecule has 0 fully saturated rings. The largest absolute Gasteiger partial charge is 0.472 e. The van der Waals surface area contributed by atoms with Crippen molar-refractivity contribution in [1.82, 2.24) is 0 Å². The van der Waals surface area contributed by atoms with Crippen molar-refractivity contribution in [2.45, 2.75) is 270 Å². The van der Waals surface area contributed by atoms with E-state index in [2.05, 4.69) is 148 Å². The van der Waals surface area contributed by atoms with E-state index >= 15 is 0 Å². The molecule has 0 aromatic heterocycles. The van der Waals surface area contributed by atoms with Crippen LogP contribution in [0.1, 0.15) is 252 Å². The van der Waals surface area contributed by atoms with Crippen molar-refractivity contribution in [2.24, 2.45) is 0 Å². The smallest absolute Gasteiger partial charge is 0.463 e. The molecule has 0 aromatic rings. The Hall–Kier alpha value is -4.57. The summed E-state index contributed by atoms with van der Waals surface area (Å²) in [7, 11) is -9.81. The third kappa shape index (κ3) is 68.6. The molecule has 0 aliphatic heterocycles. The minimum atomic E-state index is -4.95. The lowest BCUT2D eigenvalue weighted by atomic mass is 10.1. The monoisotopic (exact) mass is 1340 g/mol. The Kier molecular flexibility index (Phi) is 64.1. The number of allylic oxidation sites excluding steroid dienone is 24. The molecule has 18 heteroatoms. The van der Waals surface area contributed by atoms with E-state index in [1.54, 1.807) is 0 Å². The number of phosphoric ester groups is 2. The number of hydrogen-bond acceptors (Lipinski definition) is 14. The van der Waals surface area contributed by atoms with Gasteiger partial charge in [-0.1, -0.05) is 250 Å². The quantitative estimate of drug-likeness (QED) is 0.0146. The SMILES string of the molecule is CC/C=C\C/C=C\C/C=C\C/C=C\C/C=C\C/C=C\CCC(=O)OCC(COP(=O)(O)OCC(O)COP(=O)(O)OCC(O)COC(=O)CCCCCCCCC/C=C\C/C=C\C/C=C\C/C=C\C/C=C\CC)OC(=O)CCCCCCC/C=C\CCCCCCCC. The third-order valence-corrected chi connectivity index (χ3v) is 15.9. The van der Waals surface area contributed by atoms with E-state index in [9.17, 15) is 43.5 Å². The highest BCUT2D eigenvalue weighted by Gasteiger charge is 2.29. The van der Waals surface area contributed by atoms with Crippen LogP contribution in [-0.4, -0.2) is 95.9 Å². The maximum Gasteiger partial charge on any atom is 0.472 e. The van der Waals surface area contributed by atoms with Crippen molar-refractivity contribution >= 4 is 33.6 Å². The number of phosphoric acid groups is 2. The summed E-state index contributed by atoms with van der Waals surface area (Å²) in [5, 5.41) is 20.6. The Balaban J connectivity index is 4.72. The Morgan fingerprint density at radius 1 is 0.312 bits per heavy atom. The topological polar surface area (TPSA) is 231 Å². The van der Waals surface area contributed by atoms with Gasteiger partial charge in [0.2, 0.25) is 0 Å². The van der Waals surface area contributed by atoms with Crippen molar-refractivity contribution in [2.75, 3.05) is 39.6 Å². The third-order valence-electron chi connectivity index (χ3n) is 14.0. The van der Waals surface area contributed by atoms with E-state index in [1.807, 2.05) is 18.2 Å². The van der Waals surface area contributed by atoms with Crippen LogP contribution in [0.15, 0.2) is 146 Å². The summed E-state index contributed by atoms with van der Waals surface area (Å²) in [6.45, 7) is 2.31. The lowest BCUT2D eigenvalue weighted by Crippen LogP contribution is -2.30. The van der Waals surface area contributed by atoms with E-state index in [-0.39, 0.29) is 19.3 Å². The molecule has 530 valence electrons. The van der Waals surface area contributed by atoms with Gasteiger partial charge in [-0.2, -0.15) is 0 Å². The Morgan fingerprint density at radius 3 is 0.978 bits per heavy atom. The average Bonchev–Trinajstić information content (AvgIpc) is 3.19. The van der Waals surface area contributed by atoms with E-state index < -0.39 is 91.5 Å². The first kappa shape index (κ1) is 88.4. The first-order valence-corrected chi connectivity index (χ1v) is 38.1. The number of rotatable bonds is 65. The Morgan fingerprint density at radius 2 is 0.591 bits per heavy atom. The van der Waals surface area contributed by atoms with E-state index in [0.717, 1.165) is 148 Å². The van der Waals surface area contributed by atoms with Crippen molar-refractivity contribution in [3.8, 4) is 0 Å². The molecule has 0 heterocycles. The van der Waals surface area contributed by atoms with Crippen molar-refractivity contribution in [3.63, 3.8) is 0 Å². The second-order valence-electron chi connectivity index (χ2n) is 22.9. The highest BCUT2D eigenvalue weighted by molar-refractivity contribution is 7.47. The first-order chi connectivity index (χ1) is 45.2. The van der Waals surface area contributed by atoms with Gasteiger partial charge in [-0.05, 0) is 128 Å². The molecular weight excluding hydrogens is 1220 g/mol. The van der Waals surface area contributed by atoms with Gasteiger partial charge in [0, 0.05) is 19.3 Å². The normalized spacial score (nSPS) is 15.0. The molecule has 0 saturated heterocycles. The standard InChI is InChI=1S/C75H124O16P2/c1-4-7-10-13-16-19-22-25-28-30-32-33-34-35-37-39-41-43-46-49-52-55-58-61-73(78)85-64-70(76)65-87-92(81,82)88-66-71(77)67-89-93(83,84)90-69-72(91-75(80)63-60-57-54-51-48-45-40-27-24-21-18-15-12-9-6-3)68-86-74(79)62-59-56-53-50-47-44-42-38-36-31-29-26-23-20-17-14-11-8-5-2/h7-8,10-11,16-17,19-20,25-29,32-33,35-38,40,44,47,53,56,70-72,76-77H,4-6,9,12-15,18,21-24,30-31,34,39,41-43,45-46,48-52,54-55,57-69H2,1-3H3,(H,81,82)(H,83,84)/b10-7-,11-8-,19-16-,20-17-,28-25-,29-26-,33-32-,37-35-,38-36-,40-27-,47-44-,56-53-. The van der Waals surface area contributed by atoms with Crippen LogP contribution in [0.3, 0.4) is 0 Å². The Bertz CT molecular complexity index is 2280. The van der Waals surface area contributed by atoms with Gasteiger partial charge >= 0.3 is 33.6 Å². The van der Waals surface area contributed by atoms with Crippen LogP contribution < -0.4 is 0 Å². The zero-order valence-electron chi connectivity index (χ0n) is 57.4. The highest BCUT2D eigenvalue weighted by Crippen LogP contribution is 2.45. The second kappa shape index (κ2) is 67.4. The molecule has 0 aliphatic rings. The van der Waals surface area contributed by atoms with Crippen LogP contribution in [0.25, 0.3) is 0 Å². The van der Waals surface area contributed by atoms with Crippen LogP contribution in [0.4, 0.5) is 0 Å². The fourth-order valence-electron chi connectivity index (χ4n) is 8.73. The van der Waals surface area contributed by atoms with Gasteiger partial charge in [0.15, 0.2) is 6.10 Å². The van der Waals surface area contributed by atoms with Gasteiger partial charge < -0.3 is 34.2 Å². The second-order valence-corrected chi connectivity index (χ2v) is 25.8. The molecule has 4 N–H and O–H groups in total. The summed E-state index contributed by atoms with van der Waals surface area (Å²) in [6.07, 6.45) is 80.5. The molecule has 0 spiro atoms. The molecular formula is C75H124O16P2. The van der Waals surface area contributed by atoms with E-state index in [0.29, 0.717) is 25.7 Å². The minimum Gasteiger partial charge on any atom is -0.463 e. The predicted molar refractivity (Wildman–Crippen MR) is 380 cm³/mol. The summed E-state index contributed by atoms with van der Waals surface area (Å²) in [6, 6.07) is 0. The molecule has 5 atom stereocenters. The fourth-order valence-corrected chi connectivity index (χ4v) is 10.3. The number of hydrogen-bond donors (Lipinski definition) is 4. The molecule has 0 radical (unpaired) electrons. The van der Waals surface area contributed by atoms with Crippen LogP contribution in [0.5, 0.6) is 0 Å². The summed E-state index contributed by atoms with van der Waals surface area (Å²) in [5.41, 5.74) is 0. The number of aliphatic hydroxyl groups excluding tert-OH is 2. The predicted octanol–water partition coefficient (Wildman–Crippen LogP) is 19.8. The summed E-state index contributed by atoms with van der Waals surface area (Å²) in [4.78, 5) is 58.4. The highest BCUT2D eigenvalue weighted by atomic mass is 31.2. The maximum atomic E-state index is 12.9. The molecule has 93 heavy (non-hydrogen) atoms. The van der Waals surface area contributed by atoms with Gasteiger partial charge in [-0.15, -0.1) is 0 Å². The molecule has 0 aliphatic carbocycles. The number of carbonyl (C=O) groups is 3. The molecule has 5 unspecified atom stereocenters. The molecule has 16 nitrogen and oxygen atoms in total. The van der Waals surface area contributed by atoms with Crippen LogP contribution in [0.2, 0.25) is 0 Å². The van der Waals surface area contributed by atoms with E-state index in [1.165, 1.54) is 38.5 Å². The number of unbranched alkanes of at least 4 members (excludes halogenated alkanes) is 18. The lowest BCUT2D eigenvalue weighted by molar-refractivity contribution is -0.161. The van der Waals surface area contributed by atoms with Crippen LogP contribution in [-0.2, 0) is 55.8 Å².